The number of aromatic amines is 1. The molecule has 182 valence electrons. The number of hydrogen-bond acceptors (Lipinski definition) is 2. The number of aromatic nitrogens is 3. The number of hydrogen-bond donors (Lipinski definition) is 1. The first-order valence-corrected chi connectivity index (χ1v) is 13.2. The van der Waals surface area contributed by atoms with Gasteiger partial charge in [-0.3, -0.25) is 0 Å². The summed E-state index contributed by atoms with van der Waals surface area (Å²) in [6.45, 7) is 0. The smallest absolute Gasteiger partial charge is 0.227 e. The average Bonchev–Trinajstić information content (AvgIpc) is 3.68. The molecule has 9 aromatic rings. The number of nitrogens with one attached hydrogen (secondary N) is 1. The zero-order valence-electron chi connectivity index (χ0n) is 20.8. The molecule has 0 bridgehead atoms. The fourth-order valence-corrected chi connectivity index (χ4v) is 6.27. The molecule has 9 rings (SSSR count). The van der Waals surface area contributed by atoms with Crippen LogP contribution in [0.4, 0.5) is 0 Å². The molecule has 6 aromatic carbocycles. The SMILES string of the molecule is c1ccc2oc(-c3ccc(-n4c5ccccc5c5ccc6c7ccccc7[nH]c6c54)c4ccccc34)nc2c1. The van der Waals surface area contributed by atoms with Gasteiger partial charge in [0.05, 0.1) is 22.2 Å². The molecular weight excluding hydrogens is 478 g/mol. The first-order valence-electron chi connectivity index (χ1n) is 13.2. The summed E-state index contributed by atoms with van der Waals surface area (Å²) >= 11 is 0. The maximum atomic E-state index is 6.20. The van der Waals surface area contributed by atoms with Gasteiger partial charge in [-0.25, -0.2) is 4.98 Å². The Morgan fingerprint density at radius 2 is 1.28 bits per heavy atom. The zero-order valence-corrected chi connectivity index (χ0v) is 20.8. The van der Waals surface area contributed by atoms with E-state index in [2.05, 4.69) is 107 Å². The van der Waals surface area contributed by atoms with Crippen LogP contribution in [0.2, 0.25) is 0 Å². The van der Waals surface area contributed by atoms with Gasteiger partial charge in [-0.15, -0.1) is 0 Å². The zero-order chi connectivity index (χ0) is 25.5. The van der Waals surface area contributed by atoms with Gasteiger partial charge in [0.1, 0.15) is 5.52 Å². The molecule has 39 heavy (non-hydrogen) atoms. The molecule has 0 amide bonds. The van der Waals surface area contributed by atoms with Crippen LogP contribution >= 0.6 is 0 Å². The fourth-order valence-electron chi connectivity index (χ4n) is 6.27. The first kappa shape index (κ1) is 20.7. The van der Waals surface area contributed by atoms with Gasteiger partial charge in [-0.2, -0.15) is 0 Å². The Labute approximate surface area is 222 Å². The summed E-state index contributed by atoms with van der Waals surface area (Å²) in [6.07, 6.45) is 0. The number of para-hydroxylation sites is 4. The summed E-state index contributed by atoms with van der Waals surface area (Å²) in [6, 6.07) is 42.6. The van der Waals surface area contributed by atoms with Crippen molar-refractivity contribution in [3.63, 3.8) is 0 Å². The van der Waals surface area contributed by atoms with E-state index < -0.39 is 0 Å². The normalized spacial score (nSPS) is 12.1. The van der Waals surface area contributed by atoms with Crippen LogP contribution in [0.15, 0.2) is 126 Å². The summed E-state index contributed by atoms with van der Waals surface area (Å²) < 4.78 is 8.62. The van der Waals surface area contributed by atoms with Crippen LogP contribution in [0.5, 0.6) is 0 Å². The first-order chi connectivity index (χ1) is 19.3. The summed E-state index contributed by atoms with van der Waals surface area (Å²) in [5.74, 6) is 0.638. The molecule has 0 fully saturated rings. The summed E-state index contributed by atoms with van der Waals surface area (Å²) in [7, 11) is 0. The van der Waals surface area contributed by atoms with Gasteiger partial charge in [-0.05, 0) is 41.8 Å². The minimum Gasteiger partial charge on any atom is -0.436 e. The summed E-state index contributed by atoms with van der Waals surface area (Å²) in [5.41, 5.74) is 8.44. The van der Waals surface area contributed by atoms with Gasteiger partial charge in [0.2, 0.25) is 5.89 Å². The third kappa shape index (κ3) is 2.80. The number of oxazole rings is 1. The largest absolute Gasteiger partial charge is 0.436 e. The molecule has 0 aliphatic rings. The van der Waals surface area contributed by atoms with Crippen molar-refractivity contribution in [2.75, 3.05) is 0 Å². The van der Waals surface area contributed by atoms with Crippen molar-refractivity contribution >= 4 is 65.5 Å². The third-order valence-corrected chi connectivity index (χ3v) is 7.98. The van der Waals surface area contributed by atoms with E-state index in [1.54, 1.807) is 0 Å². The summed E-state index contributed by atoms with van der Waals surface area (Å²) in [4.78, 5) is 8.56. The van der Waals surface area contributed by atoms with Crippen LogP contribution in [0.25, 0.3) is 82.6 Å². The van der Waals surface area contributed by atoms with Crippen molar-refractivity contribution in [2.45, 2.75) is 0 Å². The Morgan fingerprint density at radius 1 is 0.564 bits per heavy atom. The van der Waals surface area contributed by atoms with Gasteiger partial charge in [0.25, 0.3) is 0 Å². The average molecular weight is 500 g/mol. The van der Waals surface area contributed by atoms with Gasteiger partial charge < -0.3 is 14.0 Å². The molecule has 4 heteroatoms. The minimum atomic E-state index is 0.638. The lowest BCUT2D eigenvalue weighted by Gasteiger charge is -2.14. The number of nitrogens with zero attached hydrogens (tertiary/aromatic N) is 2. The van der Waals surface area contributed by atoms with E-state index in [1.165, 1.54) is 32.6 Å². The Morgan fingerprint density at radius 3 is 2.18 bits per heavy atom. The van der Waals surface area contributed by atoms with Crippen molar-refractivity contribution in [3.8, 4) is 17.1 Å². The monoisotopic (exact) mass is 499 g/mol. The van der Waals surface area contributed by atoms with E-state index in [0.29, 0.717) is 5.89 Å². The van der Waals surface area contributed by atoms with Crippen molar-refractivity contribution < 1.29 is 4.42 Å². The molecule has 0 saturated carbocycles. The van der Waals surface area contributed by atoms with E-state index in [1.807, 2.05) is 24.3 Å². The number of rotatable bonds is 2. The van der Waals surface area contributed by atoms with E-state index in [0.717, 1.165) is 44.2 Å². The van der Waals surface area contributed by atoms with Crippen molar-refractivity contribution in [1.82, 2.24) is 14.5 Å². The quantitative estimate of drug-likeness (QED) is 0.257. The van der Waals surface area contributed by atoms with Crippen LogP contribution in [-0.2, 0) is 0 Å². The number of benzene rings is 6. The molecule has 0 radical (unpaired) electrons. The van der Waals surface area contributed by atoms with E-state index >= 15 is 0 Å². The van der Waals surface area contributed by atoms with Crippen LogP contribution in [0, 0.1) is 0 Å². The topological polar surface area (TPSA) is 46.8 Å². The highest BCUT2D eigenvalue weighted by Crippen LogP contribution is 2.41. The minimum absolute atomic E-state index is 0.638. The molecule has 3 heterocycles. The maximum Gasteiger partial charge on any atom is 0.227 e. The van der Waals surface area contributed by atoms with Crippen molar-refractivity contribution in [2.24, 2.45) is 0 Å². The standard InChI is InChI=1S/C35H21N3O/c1-2-11-23-21(9-1)27(35-37-29-14-6-8-16-32(29)39-35)19-20-31(23)38-30-15-7-4-12-24(30)26-18-17-25-22-10-3-5-13-28(22)36-33(25)34(26)38/h1-20,36H. The van der Waals surface area contributed by atoms with Gasteiger partial charge in [0.15, 0.2) is 5.58 Å². The highest BCUT2D eigenvalue weighted by molar-refractivity contribution is 6.23. The van der Waals surface area contributed by atoms with Crippen molar-refractivity contribution in [3.05, 3.63) is 121 Å². The van der Waals surface area contributed by atoms with Crippen molar-refractivity contribution in [1.29, 1.82) is 0 Å². The lowest BCUT2D eigenvalue weighted by Crippen LogP contribution is -1.97. The number of H-pyrrole nitrogens is 1. The summed E-state index contributed by atoms with van der Waals surface area (Å²) in [5, 5.41) is 7.19. The Hall–Kier alpha value is -5.35. The molecule has 0 unspecified atom stereocenters. The maximum absolute atomic E-state index is 6.20. The van der Waals surface area contributed by atoms with E-state index in [-0.39, 0.29) is 0 Å². The number of fused-ring (bicyclic) bond motifs is 9. The Bertz CT molecular complexity index is 2370. The van der Waals surface area contributed by atoms with Crippen LogP contribution in [0.3, 0.4) is 0 Å². The third-order valence-electron chi connectivity index (χ3n) is 7.98. The lowest BCUT2D eigenvalue weighted by atomic mass is 10.0. The molecule has 0 aliphatic heterocycles. The van der Waals surface area contributed by atoms with Gasteiger partial charge >= 0.3 is 0 Å². The molecule has 0 spiro atoms. The molecule has 4 nitrogen and oxygen atoms in total. The Kier molecular flexibility index (Phi) is 4.02. The second kappa shape index (κ2) is 7.59. The second-order valence-corrected chi connectivity index (χ2v) is 10.1. The van der Waals surface area contributed by atoms with Crippen LogP contribution in [0.1, 0.15) is 0 Å². The highest BCUT2D eigenvalue weighted by Gasteiger charge is 2.20. The molecule has 0 atom stereocenters. The lowest BCUT2D eigenvalue weighted by molar-refractivity contribution is 0.620. The molecule has 0 aliphatic carbocycles. The molecule has 3 aromatic heterocycles. The predicted octanol–water partition coefficient (Wildman–Crippen LogP) is 9.38. The highest BCUT2D eigenvalue weighted by atomic mass is 16.3. The molecule has 1 N–H and O–H groups in total. The second-order valence-electron chi connectivity index (χ2n) is 10.1. The predicted molar refractivity (Wildman–Crippen MR) is 161 cm³/mol. The van der Waals surface area contributed by atoms with Gasteiger partial charge in [0, 0.05) is 38.0 Å². The van der Waals surface area contributed by atoms with Crippen LogP contribution < -0.4 is 0 Å². The Balaban J connectivity index is 1.42. The fraction of sp³-hybridized carbons (Fsp3) is 0. The molecule has 0 saturated heterocycles. The molecular formula is C35H21N3O. The van der Waals surface area contributed by atoms with E-state index in [4.69, 9.17) is 9.40 Å². The van der Waals surface area contributed by atoms with Crippen LogP contribution in [-0.4, -0.2) is 14.5 Å². The van der Waals surface area contributed by atoms with E-state index in [9.17, 15) is 0 Å². The van der Waals surface area contributed by atoms with Gasteiger partial charge in [-0.1, -0.05) is 84.9 Å².